The summed E-state index contributed by atoms with van der Waals surface area (Å²) in [5.41, 5.74) is 2.29. The van der Waals surface area contributed by atoms with E-state index in [0.29, 0.717) is 22.5 Å². The lowest BCUT2D eigenvalue weighted by Gasteiger charge is -2.18. The number of nitrogens with one attached hydrogen (secondary N) is 1. The van der Waals surface area contributed by atoms with Crippen LogP contribution in [0.2, 0.25) is 0 Å². The summed E-state index contributed by atoms with van der Waals surface area (Å²) in [6, 6.07) is 18.7. The molecule has 1 aliphatic rings. The van der Waals surface area contributed by atoms with Crippen LogP contribution in [-0.2, 0) is 4.74 Å². The van der Waals surface area contributed by atoms with Crippen molar-refractivity contribution in [2.45, 2.75) is 30.5 Å². The number of imidazole rings is 1. The molecule has 1 fully saturated rings. The molecule has 1 saturated heterocycles. The summed E-state index contributed by atoms with van der Waals surface area (Å²) in [4.78, 5) is 26.3. The Morgan fingerprint density at radius 3 is 2.40 bits per heavy atom. The first kappa shape index (κ1) is 23.1. The summed E-state index contributed by atoms with van der Waals surface area (Å²) in [6.45, 7) is -0.163. The highest BCUT2D eigenvalue weighted by Crippen LogP contribution is 2.32. The number of fused-ring (bicyclic) bond motifs is 1. The maximum absolute atomic E-state index is 13.4. The zero-order valence-corrected chi connectivity index (χ0v) is 18.7. The molecular formula is C25H25N5O5. The number of hydrogen-bond donors (Lipinski definition) is 4. The quantitative estimate of drug-likeness (QED) is 0.279. The van der Waals surface area contributed by atoms with Gasteiger partial charge in [-0.3, -0.25) is 9.36 Å². The Bertz CT molecular complexity index is 1300. The van der Waals surface area contributed by atoms with Crippen molar-refractivity contribution in [3.8, 4) is 0 Å². The molecule has 0 spiro atoms. The number of carbonyl (C=O) groups is 1. The minimum Gasteiger partial charge on any atom is -0.394 e. The first-order chi connectivity index (χ1) is 17.1. The highest BCUT2D eigenvalue weighted by Gasteiger charge is 2.44. The van der Waals surface area contributed by atoms with E-state index in [0.717, 1.165) is 5.56 Å². The van der Waals surface area contributed by atoms with Gasteiger partial charge in [0.05, 0.1) is 18.9 Å². The predicted molar refractivity (Wildman–Crippen MR) is 127 cm³/mol. The third kappa shape index (κ3) is 4.40. The average Bonchev–Trinajstić information content (AvgIpc) is 3.46. The minimum absolute atomic E-state index is 0.0216. The van der Waals surface area contributed by atoms with Crippen molar-refractivity contribution < 1.29 is 24.9 Å². The van der Waals surface area contributed by atoms with Gasteiger partial charge in [0.2, 0.25) is 0 Å². The number of aromatic nitrogens is 4. The fourth-order valence-electron chi connectivity index (χ4n) is 4.33. The average molecular weight is 476 g/mol. The SMILES string of the molecule is O=C(c1ccccc1)C(CNc1ncnc2c1ncn2[C@@H]1O[C@H](CO)[C@@H](O)[C@H]1O)c1ccccc1. The molecule has 5 atom stereocenters. The number of carbonyl (C=O) groups excluding carboxylic acids is 1. The summed E-state index contributed by atoms with van der Waals surface area (Å²) in [7, 11) is 0. The fourth-order valence-corrected chi connectivity index (χ4v) is 4.33. The summed E-state index contributed by atoms with van der Waals surface area (Å²) in [6.07, 6.45) is -1.59. The number of benzene rings is 2. The Balaban J connectivity index is 1.42. The van der Waals surface area contributed by atoms with E-state index in [9.17, 15) is 20.1 Å². The molecule has 10 nitrogen and oxygen atoms in total. The maximum atomic E-state index is 13.4. The number of nitrogens with zero attached hydrogens (tertiary/aromatic N) is 4. The fraction of sp³-hybridized carbons (Fsp3) is 0.280. The molecule has 3 heterocycles. The third-order valence-electron chi connectivity index (χ3n) is 6.20. The van der Waals surface area contributed by atoms with Crippen LogP contribution in [0, 0.1) is 0 Å². The van der Waals surface area contributed by atoms with Crippen LogP contribution in [0.5, 0.6) is 0 Å². The van der Waals surface area contributed by atoms with E-state index in [1.54, 1.807) is 12.1 Å². The van der Waals surface area contributed by atoms with Gasteiger partial charge < -0.3 is 25.4 Å². The summed E-state index contributed by atoms with van der Waals surface area (Å²) >= 11 is 0. The number of ether oxygens (including phenoxy) is 1. The first-order valence-electron chi connectivity index (χ1n) is 11.3. The Kier molecular flexibility index (Phi) is 6.51. The van der Waals surface area contributed by atoms with Crippen molar-refractivity contribution in [3.63, 3.8) is 0 Å². The molecule has 0 aliphatic carbocycles. The van der Waals surface area contributed by atoms with E-state index in [-0.39, 0.29) is 12.3 Å². The number of ketones is 1. The summed E-state index contributed by atoms with van der Waals surface area (Å²) < 4.78 is 7.11. The van der Waals surface area contributed by atoms with Crippen molar-refractivity contribution in [2.75, 3.05) is 18.5 Å². The third-order valence-corrected chi connectivity index (χ3v) is 6.20. The lowest BCUT2D eigenvalue weighted by atomic mass is 9.90. The molecule has 0 saturated carbocycles. The minimum atomic E-state index is -1.26. The lowest BCUT2D eigenvalue weighted by Crippen LogP contribution is -2.33. The van der Waals surface area contributed by atoms with Crippen molar-refractivity contribution in [2.24, 2.45) is 0 Å². The van der Waals surface area contributed by atoms with Crippen LogP contribution in [-0.4, -0.2) is 72.1 Å². The van der Waals surface area contributed by atoms with Gasteiger partial charge in [-0.05, 0) is 5.56 Å². The highest BCUT2D eigenvalue weighted by molar-refractivity contribution is 6.01. The maximum Gasteiger partial charge on any atom is 0.172 e. The second kappa shape index (κ2) is 9.88. The number of aliphatic hydroxyl groups is 3. The molecule has 35 heavy (non-hydrogen) atoms. The Morgan fingerprint density at radius 1 is 1.00 bits per heavy atom. The molecule has 0 radical (unpaired) electrons. The highest BCUT2D eigenvalue weighted by atomic mass is 16.6. The van der Waals surface area contributed by atoms with E-state index in [1.807, 2.05) is 48.5 Å². The number of Topliss-reactive ketones (excluding diaryl/α,β-unsaturated/α-hetero) is 1. The molecule has 2 aromatic carbocycles. The standard InChI is InChI=1S/C25H25N5O5/c31-12-18-21(33)22(34)25(35-18)30-14-29-19-23(27-13-28-24(19)30)26-11-17(15-7-3-1-4-8-15)20(32)16-9-5-2-6-10-16/h1-10,13-14,17-18,21-22,25,31,33-34H,11-12H2,(H,26,27,28)/t17?,18-,21-,22-,25-/m1/s1. The van der Waals surface area contributed by atoms with Crippen LogP contribution >= 0.6 is 0 Å². The molecule has 0 bridgehead atoms. The molecule has 0 amide bonds. The topological polar surface area (TPSA) is 143 Å². The molecule has 180 valence electrons. The molecule has 1 unspecified atom stereocenters. The van der Waals surface area contributed by atoms with Gasteiger partial charge in [-0.2, -0.15) is 0 Å². The second-order valence-corrected chi connectivity index (χ2v) is 8.35. The first-order valence-corrected chi connectivity index (χ1v) is 11.3. The molecule has 10 heteroatoms. The Labute approximate surface area is 200 Å². The van der Waals surface area contributed by atoms with Crippen molar-refractivity contribution in [1.29, 1.82) is 0 Å². The van der Waals surface area contributed by atoms with Gasteiger partial charge in [-0.25, -0.2) is 15.0 Å². The zero-order chi connectivity index (χ0) is 24.4. The van der Waals surface area contributed by atoms with Gasteiger partial charge in [0.15, 0.2) is 29.0 Å². The van der Waals surface area contributed by atoms with Crippen molar-refractivity contribution >= 4 is 22.8 Å². The van der Waals surface area contributed by atoms with Gasteiger partial charge in [0, 0.05) is 12.1 Å². The van der Waals surface area contributed by atoms with E-state index < -0.39 is 37.1 Å². The molecule has 4 N–H and O–H groups in total. The number of rotatable bonds is 8. The largest absolute Gasteiger partial charge is 0.394 e. The van der Waals surface area contributed by atoms with Gasteiger partial charge in [-0.15, -0.1) is 0 Å². The lowest BCUT2D eigenvalue weighted by molar-refractivity contribution is -0.0511. The van der Waals surface area contributed by atoms with E-state index in [1.165, 1.54) is 17.2 Å². The van der Waals surface area contributed by atoms with Gasteiger partial charge >= 0.3 is 0 Å². The van der Waals surface area contributed by atoms with E-state index >= 15 is 0 Å². The molecule has 1 aliphatic heterocycles. The van der Waals surface area contributed by atoms with Crippen LogP contribution in [0.3, 0.4) is 0 Å². The molecule has 5 rings (SSSR count). The van der Waals surface area contributed by atoms with Crippen LogP contribution < -0.4 is 5.32 Å². The second-order valence-electron chi connectivity index (χ2n) is 8.35. The number of aliphatic hydroxyl groups excluding tert-OH is 3. The van der Waals surface area contributed by atoms with Gasteiger partial charge in [0.1, 0.15) is 24.6 Å². The Morgan fingerprint density at radius 2 is 1.71 bits per heavy atom. The Hall–Kier alpha value is -3.70. The predicted octanol–water partition coefficient (Wildman–Crippen LogP) is 1.52. The van der Waals surface area contributed by atoms with E-state index in [2.05, 4.69) is 20.3 Å². The van der Waals surface area contributed by atoms with Gasteiger partial charge in [-0.1, -0.05) is 60.7 Å². The van der Waals surface area contributed by atoms with Crippen LogP contribution in [0.1, 0.15) is 28.1 Å². The molecule has 4 aromatic rings. The number of hydrogen-bond acceptors (Lipinski definition) is 9. The molecular weight excluding hydrogens is 450 g/mol. The molecule has 2 aromatic heterocycles. The van der Waals surface area contributed by atoms with Gasteiger partial charge in [0.25, 0.3) is 0 Å². The van der Waals surface area contributed by atoms with Crippen molar-refractivity contribution in [3.05, 3.63) is 84.4 Å². The smallest absolute Gasteiger partial charge is 0.172 e. The van der Waals surface area contributed by atoms with Crippen LogP contribution in [0.15, 0.2) is 73.3 Å². The van der Waals surface area contributed by atoms with Crippen molar-refractivity contribution in [1.82, 2.24) is 19.5 Å². The van der Waals surface area contributed by atoms with E-state index in [4.69, 9.17) is 4.74 Å². The van der Waals surface area contributed by atoms with Crippen LogP contribution in [0.4, 0.5) is 5.82 Å². The monoisotopic (exact) mass is 475 g/mol. The van der Waals surface area contributed by atoms with Crippen LogP contribution in [0.25, 0.3) is 11.2 Å². The summed E-state index contributed by atoms with van der Waals surface area (Å²) in [5, 5.41) is 33.1. The normalized spacial score (nSPS) is 22.8. The number of anilines is 1. The zero-order valence-electron chi connectivity index (χ0n) is 18.7. The summed E-state index contributed by atoms with van der Waals surface area (Å²) in [5.74, 6) is -0.0694.